The first kappa shape index (κ1) is 15.1. The van der Waals surface area contributed by atoms with E-state index < -0.39 is 13.6 Å². The molecule has 0 aromatic rings. The van der Waals surface area contributed by atoms with Crippen LogP contribution in [0.25, 0.3) is 0 Å². The van der Waals surface area contributed by atoms with Crippen molar-refractivity contribution in [2.75, 3.05) is 31.3 Å². The number of hydrogen-bond donors (Lipinski definition) is 0. The Bertz CT molecular complexity index is 223. The van der Waals surface area contributed by atoms with Gasteiger partial charge >= 0.3 is 13.6 Å². The molecule has 0 aromatic heterocycles. The summed E-state index contributed by atoms with van der Waals surface area (Å²) in [7, 11) is -3.08. The SMILES string of the molecule is CCOP(=O)(CCOC(=O)CBr)OCC. The Morgan fingerprint density at radius 1 is 1.27 bits per heavy atom. The van der Waals surface area contributed by atoms with Crippen LogP contribution in [0.15, 0.2) is 0 Å². The number of esters is 1. The fraction of sp³-hybridized carbons (Fsp3) is 0.875. The third kappa shape index (κ3) is 7.06. The van der Waals surface area contributed by atoms with Gasteiger partial charge in [0.15, 0.2) is 0 Å². The molecule has 7 heteroatoms. The minimum absolute atomic E-state index is 0.0434. The summed E-state index contributed by atoms with van der Waals surface area (Å²) in [5, 5.41) is 0.126. The van der Waals surface area contributed by atoms with Crippen molar-refractivity contribution >= 4 is 29.5 Å². The zero-order valence-electron chi connectivity index (χ0n) is 8.90. The number of hydrogen-bond acceptors (Lipinski definition) is 5. The summed E-state index contributed by atoms with van der Waals surface area (Å²) in [6, 6.07) is 0. The van der Waals surface area contributed by atoms with Crippen LogP contribution in [0.1, 0.15) is 13.8 Å². The lowest BCUT2D eigenvalue weighted by molar-refractivity contribution is -0.139. The predicted octanol–water partition coefficient (Wildman–Crippen LogP) is 2.19. The molecule has 0 aromatic carbocycles. The lowest BCUT2D eigenvalue weighted by atomic mass is 10.8. The van der Waals surface area contributed by atoms with Crippen LogP contribution in [-0.4, -0.2) is 37.3 Å². The van der Waals surface area contributed by atoms with Crippen molar-refractivity contribution in [2.24, 2.45) is 0 Å². The quantitative estimate of drug-likeness (QED) is 0.391. The molecule has 0 amide bonds. The van der Waals surface area contributed by atoms with E-state index in [1.54, 1.807) is 13.8 Å². The van der Waals surface area contributed by atoms with Crippen molar-refractivity contribution < 1.29 is 23.1 Å². The van der Waals surface area contributed by atoms with Crippen molar-refractivity contribution in [2.45, 2.75) is 13.8 Å². The second-order valence-corrected chi connectivity index (χ2v) is 5.27. The van der Waals surface area contributed by atoms with Crippen LogP contribution in [0.2, 0.25) is 0 Å². The maximum absolute atomic E-state index is 11.8. The Labute approximate surface area is 98.1 Å². The molecular weight excluding hydrogens is 287 g/mol. The fourth-order valence-corrected chi connectivity index (χ4v) is 2.47. The van der Waals surface area contributed by atoms with E-state index in [9.17, 15) is 9.36 Å². The zero-order chi connectivity index (χ0) is 11.7. The first-order chi connectivity index (χ1) is 7.08. The number of halogens is 1. The minimum Gasteiger partial charge on any atom is -0.464 e. The van der Waals surface area contributed by atoms with E-state index in [4.69, 9.17) is 13.8 Å². The van der Waals surface area contributed by atoms with Crippen LogP contribution in [0.5, 0.6) is 0 Å². The van der Waals surface area contributed by atoms with Gasteiger partial charge in [-0.15, -0.1) is 0 Å². The number of alkyl halides is 1. The van der Waals surface area contributed by atoms with E-state index >= 15 is 0 Å². The summed E-state index contributed by atoms with van der Waals surface area (Å²) in [4.78, 5) is 10.8. The average molecular weight is 303 g/mol. The lowest BCUT2D eigenvalue weighted by Gasteiger charge is -2.16. The molecule has 0 spiro atoms. The Balaban J connectivity index is 3.96. The lowest BCUT2D eigenvalue weighted by Crippen LogP contribution is -2.11. The molecule has 0 N–H and O–H groups in total. The molecule has 0 bridgehead atoms. The molecule has 0 unspecified atom stereocenters. The monoisotopic (exact) mass is 302 g/mol. The second kappa shape index (κ2) is 8.28. The van der Waals surface area contributed by atoms with Gasteiger partial charge in [0.05, 0.1) is 19.4 Å². The van der Waals surface area contributed by atoms with Crippen LogP contribution in [0.3, 0.4) is 0 Å². The van der Waals surface area contributed by atoms with Gasteiger partial charge in [0.1, 0.15) is 11.9 Å². The van der Waals surface area contributed by atoms with Crippen LogP contribution < -0.4 is 0 Å². The minimum atomic E-state index is -3.08. The molecule has 0 atom stereocenters. The highest BCUT2D eigenvalue weighted by Crippen LogP contribution is 2.47. The van der Waals surface area contributed by atoms with Gasteiger partial charge in [-0.3, -0.25) is 9.36 Å². The molecule has 0 saturated heterocycles. The summed E-state index contributed by atoms with van der Waals surface area (Å²) >= 11 is 2.95. The van der Waals surface area contributed by atoms with Gasteiger partial charge in [-0.2, -0.15) is 0 Å². The molecule has 5 nitrogen and oxygen atoms in total. The third-order valence-corrected chi connectivity index (χ3v) is 3.88. The Kier molecular flexibility index (Phi) is 8.33. The molecule has 90 valence electrons. The average Bonchev–Trinajstić information content (AvgIpc) is 2.18. The van der Waals surface area contributed by atoms with E-state index in [0.29, 0.717) is 13.2 Å². The van der Waals surface area contributed by atoms with Gasteiger partial charge in [-0.05, 0) is 13.8 Å². The van der Waals surface area contributed by atoms with Crippen molar-refractivity contribution in [3.8, 4) is 0 Å². The second-order valence-electron chi connectivity index (χ2n) is 2.52. The largest absolute Gasteiger partial charge is 0.464 e. The predicted molar refractivity (Wildman–Crippen MR) is 60.5 cm³/mol. The molecule has 0 saturated carbocycles. The Morgan fingerprint density at radius 2 is 1.80 bits per heavy atom. The van der Waals surface area contributed by atoms with Crippen LogP contribution >= 0.6 is 23.5 Å². The highest BCUT2D eigenvalue weighted by Gasteiger charge is 2.23. The van der Waals surface area contributed by atoms with Crippen molar-refractivity contribution in [1.29, 1.82) is 0 Å². The number of carbonyl (C=O) groups excluding carboxylic acids is 1. The van der Waals surface area contributed by atoms with E-state index in [1.807, 2.05) is 0 Å². The first-order valence-corrected chi connectivity index (χ1v) is 7.52. The molecule has 0 radical (unpaired) electrons. The molecule has 0 aliphatic heterocycles. The van der Waals surface area contributed by atoms with Crippen LogP contribution in [0, 0.1) is 0 Å². The van der Waals surface area contributed by atoms with Gasteiger partial charge in [-0.25, -0.2) is 0 Å². The van der Waals surface area contributed by atoms with Crippen molar-refractivity contribution in [1.82, 2.24) is 0 Å². The fourth-order valence-electron chi connectivity index (χ4n) is 0.870. The van der Waals surface area contributed by atoms with Gasteiger partial charge in [0.25, 0.3) is 0 Å². The molecule has 0 heterocycles. The van der Waals surface area contributed by atoms with Gasteiger partial charge in [0, 0.05) is 0 Å². The first-order valence-electron chi connectivity index (χ1n) is 4.67. The summed E-state index contributed by atoms with van der Waals surface area (Å²) in [5.74, 6) is -0.394. The van der Waals surface area contributed by atoms with Gasteiger partial charge < -0.3 is 13.8 Å². The number of carbonyl (C=O) groups is 1. The molecule has 0 fully saturated rings. The van der Waals surface area contributed by atoms with Crippen LogP contribution in [0.4, 0.5) is 0 Å². The summed E-state index contributed by atoms with van der Waals surface area (Å²) in [6.45, 7) is 4.13. The molecule has 15 heavy (non-hydrogen) atoms. The molecular formula is C8H16BrO5P. The van der Waals surface area contributed by atoms with Crippen molar-refractivity contribution in [3.63, 3.8) is 0 Å². The van der Waals surface area contributed by atoms with E-state index in [-0.39, 0.29) is 18.1 Å². The maximum atomic E-state index is 11.8. The molecule has 0 aliphatic carbocycles. The third-order valence-electron chi connectivity index (χ3n) is 1.39. The smallest absolute Gasteiger partial charge is 0.334 e. The van der Waals surface area contributed by atoms with Crippen molar-refractivity contribution in [3.05, 3.63) is 0 Å². The topological polar surface area (TPSA) is 61.8 Å². The zero-order valence-corrected chi connectivity index (χ0v) is 11.4. The number of ether oxygens (including phenoxy) is 1. The standard InChI is InChI=1S/C8H16BrO5P/c1-3-13-15(11,14-4-2)6-5-12-8(10)7-9/h3-7H2,1-2H3. The van der Waals surface area contributed by atoms with E-state index in [2.05, 4.69) is 15.9 Å². The molecule has 0 aliphatic rings. The highest BCUT2D eigenvalue weighted by atomic mass is 79.9. The highest BCUT2D eigenvalue weighted by molar-refractivity contribution is 9.09. The normalized spacial score (nSPS) is 11.4. The summed E-state index contributed by atoms with van der Waals surface area (Å²) in [6.07, 6.45) is 0.0907. The van der Waals surface area contributed by atoms with Gasteiger partial charge in [-0.1, -0.05) is 15.9 Å². The van der Waals surface area contributed by atoms with Crippen LogP contribution in [-0.2, 0) is 23.1 Å². The van der Waals surface area contributed by atoms with E-state index in [1.165, 1.54) is 0 Å². The van der Waals surface area contributed by atoms with E-state index in [0.717, 1.165) is 0 Å². The number of rotatable bonds is 8. The van der Waals surface area contributed by atoms with Gasteiger partial charge in [0.2, 0.25) is 0 Å². The Hall–Kier alpha value is 0.1000. The maximum Gasteiger partial charge on any atom is 0.334 e. The summed E-state index contributed by atoms with van der Waals surface area (Å²) < 4.78 is 26.6. The Morgan fingerprint density at radius 3 is 2.20 bits per heavy atom. The summed E-state index contributed by atoms with van der Waals surface area (Å²) in [5.41, 5.74) is 0. The molecule has 0 rings (SSSR count).